The summed E-state index contributed by atoms with van der Waals surface area (Å²) in [4.78, 5) is 22.5. The van der Waals surface area contributed by atoms with E-state index in [2.05, 4.69) is 9.47 Å². The second-order valence-electron chi connectivity index (χ2n) is 4.86. The monoisotopic (exact) mass is 274 g/mol. The highest BCUT2D eigenvalue weighted by atomic mass is 16.8. The van der Waals surface area contributed by atoms with Crippen LogP contribution in [0.2, 0.25) is 0 Å². The van der Waals surface area contributed by atoms with Crippen molar-refractivity contribution in [1.29, 1.82) is 0 Å². The summed E-state index contributed by atoms with van der Waals surface area (Å²) >= 11 is 0. The minimum atomic E-state index is -0.820. The van der Waals surface area contributed by atoms with E-state index in [1.165, 1.54) is 14.2 Å². The molecule has 0 N–H and O–H groups in total. The molecule has 2 aliphatic rings. The van der Waals surface area contributed by atoms with E-state index in [4.69, 9.17) is 14.2 Å². The van der Waals surface area contributed by atoms with Crippen LogP contribution in [0.3, 0.4) is 0 Å². The first-order valence-electron chi connectivity index (χ1n) is 6.14. The highest BCUT2D eigenvalue weighted by Gasteiger charge is 2.60. The Morgan fingerprint density at radius 2 is 1.21 bits per heavy atom. The smallest absolute Gasteiger partial charge is 0.438 e. The molecule has 0 amide bonds. The molecule has 0 aliphatic carbocycles. The topological polar surface area (TPSA) is 80.3 Å². The molecule has 0 spiro atoms. The molecule has 2 heterocycles. The van der Waals surface area contributed by atoms with Crippen molar-refractivity contribution < 1.29 is 33.3 Å². The van der Waals surface area contributed by atoms with Crippen LogP contribution in [-0.2, 0) is 23.7 Å². The Balaban J connectivity index is 2.13. The van der Waals surface area contributed by atoms with Crippen molar-refractivity contribution in [3.05, 3.63) is 0 Å². The van der Waals surface area contributed by atoms with Gasteiger partial charge in [0.15, 0.2) is 12.2 Å². The fourth-order valence-electron chi connectivity index (χ4n) is 2.74. The second kappa shape index (κ2) is 5.24. The first-order chi connectivity index (χ1) is 8.99. The maximum atomic E-state index is 11.3. The Hall–Kier alpha value is -1.50. The van der Waals surface area contributed by atoms with E-state index in [0.29, 0.717) is 0 Å². The Morgan fingerprint density at radius 3 is 1.53 bits per heavy atom. The average Bonchev–Trinajstić information content (AvgIpc) is 2.88. The predicted molar refractivity (Wildman–Crippen MR) is 61.5 cm³/mol. The van der Waals surface area contributed by atoms with Crippen molar-refractivity contribution in [2.45, 2.75) is 38.3 Å². The van der Waals surface area contributed by atoms with Crippen molar-refractivity contribution in [1.82, 2.24) is 0 Å². The van der Waals surface area contributed by atoms with Crippen molar-refractivity contribution in [3.63, 3.8) is 0 Å². The Morgan fingerprint density at radius 1 is 0.842 bits per heavy atom. The third-order valence-electron chi connectivity index (χ3n) is 3.95. The van der Waals surface area contributed by atoms with Gasteiger partial charge in [-0.05, 0) is 11.8 Å². The molecule has 2 rings (SSSR count). The molecule has 2 saturated heterocycles. The molecule has 0 aromatic rings. The highest BCUT2D eigenvalue weighted by molar-refractivity contribution is 5.61. The lowest BCUT2D eigenvalue weighted by atomic mass is 9.78. The van der Waals surface area contributed by atoms with E-state index >= 15 is 0 Å². The quantitative estimate of drug-likeness (QED) is 0.703. The third kappa shape index (κ3) is 2.34. The maximum absolute atomic E-state index is 11.3. The lowest BCUT2D eigenvalue weighted by Crippen LogP contribution is -2.49. The van der Waals surface area contributed by atoms with Gasteiger partial charge < -0.3 is 23.7 Å². The number of carbonyl (C=O) groups is 2. The highest BCUT2D eigenvalue weighted by Crippen LogP contribution is 2.45. The van der Waals surface area contributed by atoms with E-state index in [0.717, 1.165) is 0 Å². The third-order valence-corrected chi connectivity index (χ3v) is 3.95. The van der Waals surface area contributed by atoms with Gasteiger partial charge in [0.2, 0.25) is 0 Å². The van der Waals surface area contributed by atoms with Gasteiger partial charge in [-0.3, -0.25) is 0 Å². The van der Waals surface area contributed by atoms with E-state index in [1.807, 2.05) is 13.8 Å². The number of ether oxygens (including phenoxy) is 5. The molecule has 19 heavy (non-hydrogen) atoms. The van der Waals surface area contributed by atoms with E-state index in [1.54, 1.807) is 0 Å². The van der Waals surface area contributed by atoms with Crippen LogP contribution in [0.5, 0.6) is 0 Å². The number of hydrogen-bond acceptors (Lipinski definition) is 7. The number of rotatable bonds is 2. The van der Waals surface area contributed by atoms with Crippen LogP contribution >= 0.6 is 0 Å². The number of fused-ring (bicyclic) bond motifs is 2. The summed E-state index contributed by atoms with van der Waals surface area (Å²) in [6.07, 6.45) is -3.56. The van der Waals surface area contributed by atoms with Gasteiger partial charge in [0.1, 0.15) is 12.2 Å². The molecule has 2 fully saturated rings. The molecule has 0 saturated carbocycles. The minimum absolute atomic E-state index is 0.206. The van der Waals surface area contributed by atoms with Crippen LogP contribution in [0, 0.1) is 11.8 Å². The zero-order chi connectivity index (χ0) is 14.2. The zero-order valence-electron chi connectivity index (χ0n) is 11.3. The summed E-state index contributed by atoms with van der Waals surface area (Å²) in [6.45, 7) is 4.02. The van der Waals surface area contributed by atoms with Gasteiger partial charge in [0, 0.05) is 0 Å². The fourth-order valence-corrected chi connectivity index (χ4v) is 2.74. The van der Waals surface area contributed by atoms with Gasteiger partial charge in [-0.1, -0.05) is 13.8 Å². The molecule has 108 valence electrons. The standard InChI is InChI=1S/C12H18O7/c1-5-6(2)8-10(19-12(14)16-4)9(7(5)17-8)18-11(13)15-3/h5-10H,1-4H3. The van der Waals surface area contributed by atoms with Gasteiger partial charge in [0.25, 0.3) is 0 Å². The fraction of sp³-hybridized carbons (Fsp3) is 0.833. The molecule has 0 aromatic heterocycles. The molecule has 0 radical (unpaired) electrons. The molecular formula is C12H18O7. The molecule has 2 aliphatic heterocycles. The first kappa shape index (κ1) is 13.9. The molecular weight excluding hydrogens is 256 g/mol. The summed E-state index contributed by atoms with van der Waals surface area (Å²) in [5.41, 5.74) is 0. The first-order valence-corrected chi connectivity index (χ1v) is 6.14. The van der Waals surface area contributed by atoms with Crippen LogP contribution in [0.4, 0.5) is 9.59 Å². The van der Waals surface area contributed by atoms with Gasteiger partial charge in [-0.15, -0.1) is 0 Å². The van der Waals surface area contributed by atoms with Crippen LogP contribution in [0.1, 0.15) is 13.8 Å². The van der Waals surface area contributed by atoms with E-state index in [-0.39, 0.29) is 24.0 Å². The molecule has 0 aromatic carbocycles. The summed E-state index contributed by atoms with van der Waals surface area (Å²) in [7, 11) is 2.44. The lowest BCUT2D eigenvalue weighted by molar-refractivity contribution is -0.0668. The van der Waals surface area contributed by atoms with E-state index < -0.39 is 24.5 Å². The molecule has 7 nitrogen and oxygen atoms in total. The molecule has 6 atom stereocenters. The Kier molecular flexibility index (Phi) is 3.84. The van der Waals surface area contributed by atoms with E-state index in [9.17, 15) is 9.59 Å². The Bertz CT molecular complexity index is 335. The molecule has 7 heteroatoms. The zero-order valence-corrected chi connectivity index (χ0v) is 11.3. The van der Waals surface area contributed by atoms with Gasteiger partial charge in [-0.2, -0.15) is 0 Å². The van der Waals surface area contributed by atoms with Crippen LogP contribution in [-0.4, -0.2) is 50.9 Å². The van der Waals surface area contributed by atoms with Gasteiger partial charge >= 0.3 is 12.3 Å². The SMILES string of the molecule is COC(=O)OC1C2OC(C(C)C2C)C1OC(=O)OC. The van der Waals surface area contributed by atoms with Crippen LogP contribution in [0.25, 0.3) is 0 Å². The van der Waals surface area contributed by atoms with Gasteiger partial charge in [-0.25, -0.2) is 9.59 Å². The van der Waals surface area contributed by atoms with Crippen LogP contribution in [0.15, 0.2) is 0 Å². The average molecular weight is 274 g/mol. The molecule has 6 unspecified atom stereocenters. The number of hydrogen-bond donors (Lipinski definition) is 0. The van der Waals surface area contributed by atoms with Crippen LogP contribution < -0.4 is 0 Å². The summed E-state index contributed by atoms with van der Waals surface area (Å²) in [5.74, 6) is 0.411. The molecule has 2 bridgehead atoms. The summed E-state index contributed by atoms with van der Waals surface area (Å²) in [6, 6.07) is 0. The van der Waals surface area contributed by atoms with Crippen molar-refractivity contribution in [3.8, 4) is 0 Å². The summed E-state index contributed by atoms with van der Waals surface area (Å²) in [5, 5.41) is 0. The largest absolute Gasteiger partial charge is 0.508 e. The lowest BCUT2D eigenvalue weighted by Gasteiger charge is -2.33. The predicted octanol–water partition coefficient (Wildman–Crippen LogP) is 1.34. The van der Waals surface area contributed by atoms with Gasteiger partial charge in [0.05, 0.1) is 14.2 Å². The maximum Gasteiger partial charge on any atom is 0.508 e. The summed E-state index contributed by atoms with van der Waals surface area (Å²) < 4.78 is 25.0. The van der Waals surface area contributed by atoms with Crippen molar-refractivity contribution >= 4 is 12.3 Å². The Labute approximate surface area is 111 Å². The number of methoxy groups -OCH3 is 2. The normalized spacial score (nSPS) is 39.8. The number of carbonyl (C=O) groups excluding carboxylic acids is 2. The van der Waals surface area contributed by atoms with Crippen molar-refractivity contribution in [2.75, 3.05) is 14.2 Å². The minimum Gasteiger partial charge on any atom is -0.438 e. The van der Waals surface area contributed by atoms with Crippen molar-refractivity contribution in [2.24, 2.45) is 11.8 Å². The second-order valence-corrected chi connectivity index (χ2v) is 4.86.